The van der Waals surface area contributed by atoms with Gasteiger partial charge in [0.15, 0.2) is 6.29 Å². The molecule has 0 unspecified atom stereocenters. The first-order chi connectivity index (χ1) is 9.99. The van der Waals surface area contributed by atoms with Gasteiger partial charge in [-0.05, 0) is 37.5 Å². The third kappa shape index (κ3) is 7.90. The second-order valence-electron chi connectivity index (χ2n) is 5.00. The van der Waals surface area contributed by atoms with Crippen LogP contribution < -0.4 is 5.32 Å². The highest BCUT2D eigenvalue weighted by Gasteiger charge is 2.07. The van der Waals surface area contributed by atoms with Gasteiger partial charge in [-0.1, -0.05) is 30.9 Å². The van der Waals surface area contributed by atoms with E-state index in [0.29, 0.717) is 23.6 Å². The number of anilines is 1. The van der Waals surface area contributed by atoms with Crippen molar-refractivity contribution in [1.82, 2.24) is 0 Å². The van der Waals surface area contributed by atoms with Crippen molar-refractivity contribution in [2.24, 2.45) is 0 Å². The Morgan fingerprint density at radius 1 is 1.14 bits per heavy atom. The van der Waals surface area contributed by atoms with Crippen molar-refractivity contribution in [3.8, 4) is 5.75 Å². The van der Waals surface area contributed by atoms with Crippen molar-refractivity contribution in [2.75, 3.05) is 5.32 Å². The van der Waals surface area contributed by atoms with Gasteiger partial charge in [0, 0.05) is 11.4 Å². The summed E-state index contributed by atoms with van der Waals surface area (Å²) >= 11 is 5.80. The highest BCUT2D eigenvalue weighted by Crippen LogP contribution is 2.26. The zero-order valence-electron chi connectivity index (χ0n) is 11.9. The number of hydrogen-bond donors (Lipinski definition) is 4. The number of amides is 1. The van der Waals surface area contributed by atoms with Crippen LogP contribution in [0.15, 0.2) is 18.2 Å². The molecular formula is C15H22ClNO4. The molecule has 1 aromatic carbocycles. The van der Waals surface area contributed by atoms with Crippen LogP contribution in [0.5, 0.6) is 5.75 Å². The van der Waals surface area contributed by atoms with Gasteiger partial charge in [0.2, 0.25) is 5.91 Å². The predicted octanol–water partition coefficient (Wildman–Crippen LogP) is 3.03. The summed E-state index contributed by atoms with van der Waals surface area (Å²) in [5.41, 5.74) is 0.324. The normalized spacial score (nSPS) is 10.9. The number of benzene rings is 1. The van der Waals surface area contributed by atoms with Crippen molar-refractivity contribution >= 4 is 23.2 Å². The third-order valence-corrected chi connectivity index (χ3v) is 3.33. The number of aromatic hydroxyl groups is 1. The molecule has 0 radical (unpaired) electrons. The number of phenolic OH excluding ortho intramolecular Hbond substituents is 1. The number of carbonyl (C=O) groups excluding carboxylic acids is 1. The molecule has 0 bridgehead atoms. The summed E-state index contributed by atoms with van der Waals surface area (Å²) in [6, 6.07) is 4.50. The number of aliphatic hydroxyl groups is 2. The van der Waals surface area contributed by atoms with Crippen LogP contribution in [0.4, 0.5) is 5.69 Å². The number of aliphatic hydroxyl groups excluding tert-OH is 1. The lowest BCUT2D eigenvalue weighted by molar-refractivity contribution is -0.116. The first-order valence-corrected chi connectivity index (χ1v) is 7.51. The minimum atomic E-state index is -1.22. The van der Waals surface area contributed by atoms with Crippen LogP contribution in [0.2, 0.25) is 5.02 Å². The number of nitrogens with one attached hydrogen (secondary N) is 1. The lowest BCUT2D eigenvalue weighted by Gasteiger charge is -2.08. The van der Waals surface area contributed by atoms with Crippen LogP contribution in [0.1, 0.15) is 44.9 Å². The summed E-state index contributed by atoms with van der Waals surface area (Å²) in [5, 5.41) is 30.0. The second kappa shape index (κ2) is 9.60. The molecule has 1 aromatic rings. The predicted molar refractivity (Wildman–Crippen MR) is 82.3 cm³/mol. The van der Waals surface area contributed by atoms with Gasteiger partial charge >= 0.3 is 0 Å². The Morgan fingerprint density at radius 2 is 1.81 bits per heavy atom. The van der Waals surface area contributed by atoms with Gasteiger partial charge in [-0.15, -0.1) is 0 Å². The largest absolute Gasteiger partial charge is 0.506 e. The Hall–Kier alpha value is -1.30. The molecular weight excluding hydrogens is 294 g/mol. The Labute approximate surface area is 129 Å². The molecule has 118 valence electrons. The fourth-order valence-corrected chi connectivity index (χ4v) is 2.14. The van der Waals surface area contributed by atoms with Crippen LogP contribution in [0.25, 0.3) is 0 Å². The molecule has 0 aromatic heterocycles. The van der Waals surface area contributed by atoms with Crippen LogP contribution in [-0.4, -0.2) is 27.5 Å². The van der Waals surface area contributed by atoms with Crippen LogP contribution >= 0.6 is 11.6 Å². The molecule has 21 heavy (non-hydrogen) atoms. The monoisotopic (exact) mass is 315 g/mol. The summed E-state index contributed by atoms with van der Waals surface area (Å²) in [7, 11) is 0. The van der Waals surface area contributed by atoms with E-state index < -0.39 is 6.29 Å². The minimum absolute atomic E-state index is 0.00434. The molecule has 0 fully saturated rings. The maximum atomic E-state index is 11.7. The zero-order chi connectivity index (χ0) is 15.7. The second-order valence-corrected chi connectivity index (χ2v) is 5.43. The lowest BCUT2D eigenvalue weighted by atomic mass is 10.1. The lowest BCUT2D eigenvalue weighted by Crippen LogP contribution is -2.11. The Kier molecular flexibility index (Phi) is 8.12. The molecule has 0 heterocycles. The fraction of sp³-hybridized carbons (Fsp3) is 0.533. The number of rotatable bonds is 9. The van der Waals surface area contributed by atoms with Gasteiger partial charge in [-0.2, -0.15) is 0 Å². The highest BCUT2D eigenvalue weighted by molar-refractivity contribution is 6.31. The molecule has 0 aliphatic heterocycles. The quantitative estimate of drug-likeness (QED) is 0.320. The molecule has 0 spiro atoms. The molecule has 1 rings (SSSR count). The molecule has 6 heteroatoms. The maximum Gasteiger partial charge on any atom is 0.224 e. The Bertz CT molecular complexity index is 451. The van der Waals surface area contributed by atoms with E-state index in [2.05, 4.69) is 5.32 Å². The third-order valence-electron chi connectivity index (χ3n) is 3.10. The minimum Gasteiger partial charge on any atom is -0.506 e. The van der Waals surface area contributed by atoms with Gasteiger partial charge in [-0.25, -0.2) is 0 Å². The van der Waals surface area contributed by atoms with Gasteiger partial charge in [0.25, 0.3) is 0 Å². The van der Waals surface area contributed by atoms with Gasteiger partial charge < -0.3 is 20.6 Å². The van der Waals surface area contributed by atoms with Crippen molar-refractivity contribution in [3.63, 3.8) is 0 Å². The average Bonchev–Trinajstić information content (AvgIpc) is 2.41. The molecule has 1 amide bonds. The smallest absolute Gasteiger partial charge is 0.224 e. The number of unbranched alkanes of at least 4 members (excludes halogenated alkanes) is 4. The molecule has 5 nitrogen and oxygen atoms in total. The molecule has 0 atom stereocenters. The standard InChI is InChI=1S/C15H22ClNO4/c16-11-8-9-13(18)12(10-11)17-14(19)6-4-2-1-3-5-7-15(20)21/h8-10,15,18,20-21H,1-7H2,(H,17,19). The average molecular weight is 316 g/mol. The summed E-state index contributed by atoms with van der Waals surface area (Å²) in [6.07, 6.45) is 3.90. The van der Waals surface area contributed by atoms with Crippen LogP contribution in [0, 0.1) is 0 Å². The van der Waals surface area contributed by atoms with Crippen LogP contribution in [0.3, 0.4) is 0 Å². The highest BCUT2D eigenvalue weighted by atomic mass is 35.5. The summed E-state index contributed by atoms with van der Waals surface area (Å²) in [5.74, 6) is -0.159. The van der Waals surface area contributed by atoms with Crippen molar-refractivity contribution in [3.05, 3.63) is 23.2 Å². The van der Waals surface area contributed by atoms with E-state index in [1.165, 1.54) is 12.1 Å². The number of hydrogen-bond acceptors (Lipinski definition) is 4. The molecule has 0 saturated carbocycles. The van der Waals surface area contributed by atoms with E-state index in [1.807, 2.05) is 0 Å². The van der Waals surface area contributed by atoms with Crippen molar-refractivity contribution in [2.45, 2.75) is 51.2 Å². The van der Waals surface area contributed by atoms with E-state index >= 15 is 0 Å². The van der Waals surface area contributed by atoms with Gasteiger partial charge in [-0.3, -0.25) is 4.79 Å². The zero-order valence-corrected chi connectivity index (χ0v) is 12.6. The molecule has 0 aliphatic carbocycles. The molecule has 0 saturated heterocycles. The van der Waals surface area contributed by atoms with Gasteiger partial charge in [0.05, 0.1) is 5.69 Å². The number of phenols is 1. The first-order valence-electron chi connectivity index (χ1n) is 7.13. The first kappa shape index (κ1) is 17.8. The summed E-state index contributed by atoms with van der Waals surface area (Å²) in [4.78, 5) is 11.7. The van der Waals surface area contributed by atoms with Crippen LogP contribution in [-0.2, 0) is 4.79 Å². The maximum absolute atomic E-state index is 11.7. The Morgan fingerprint density at radius 3 is 2.52 bits per heavy atom. The number of halogens is 1. The van der Waals surface area contributed by atoms with E-state index in [0.717, 1.165) is 32.1 Å². The fourth-order valence-electron chi connectivity index (χ4n) is 1.96. The van der Waals surface area contributed by atoms with E-state index in [9.17, 15) is 9.90 Å². The molecule has 4 N–H and O–H groups in total. The van der Waals surface area contributed by atoms with Crippen molar-refractivity contribution in [1.29, 1.82) is 0 Å². The van der Waals surface area contributed by atoms with Crippen molar-refractivity contribution < 1.29 is 20.1 Å². The summed E-state index contributed by atoms with van der Waals surface area (Å²) in [6.45, 7) is 0. The topological polar surface area (TPSA) is 89.8 Å². The van der Waals surface area contributed by atoms with E-state index in [1.54, 1.807) is 6.07 Å². The van der Waals surface area contributed by atoms with E-state index in [4.69, 9.17) is 21.8 Å². The summed E-state index contributed by atoms with van der Waals surface area (Å²) < 4.78 is 0. The molecule has 0 aliphatic rings. The van der Waals surface area contributed by atoms with Gasteiger partial charge in [0.1, 0.15) is 5.75 Å². The number of carbonyl (C=O) groups is 1. The SMILES string of the molecule is O=C(CCCCCCCC(O)O)Nc1cc(Cl)ccc1O. The Balaban J connectivity index is 2.15. The van der Waals surface area contributed by atoms with E-state index in [-0.39, 0.29) is 11.7 Å².